The topological polar surface area (TPSA) is 54.0 Å². The van der Waals surface area contributed by atoms with E-state index in [4.69, 9.17) is 18.9 Å². The zero-order valence-electron chi connectivity index (χ0n) is 17.6. The van der Waals surface area contributed by atoms with Gasteiger partial charge in [0.1, 0.15) is 22.8 Å². The highest BCUT2D eigenvalue weighted by molar-refractivity contribution is 5.61. The lowest BCUT2D eigenvalue weighted by molar-refractivity contribution is -0.0201. The molecular weight excluding hydrogens is 380 g/mol. The van der Waals surface area contributed by atoms with Gasteiger partial charge in [0.25, 0.3) is 0 Å². The van der Waals surface area contributed by atoms with Crippen molar-refractivity contribution < 1.29 is 23.7 Å². The molecule has 0 amide bonds. The van der Waals surface area contributed by atoms with Gasteiger partial charge in [-0.05, 0) is 68.3 Å². The van der Waals surface area contributed by atoms with Crippen LogP contribution < -0.4 is 9.47 Å². The first-order chi connectivity index (χ1) is 14.3. The Hall–Kier alpha value is -3.47. The van der Waals surface area contributed by atoms with Crippen molar-refractivity contribution in [3.8, 4) is 17.2 Å². The molecule has 1 atom stereocenters. The first-order valence-electron chi connectivity index (χ1n) is 9.70. The number of ether oxygens (including phenoxy) is 4. The van der Waals surface area contributed by atoms with E-state index in [1.807, 2.05) is 78.9 Å². The summed E-state index contributed by atoms with van der Waals surface area (Å²) < 4.78 is 22.1. The molecule has 0 aliphatic rings. The Balaban J connectivity index is 1.83. The van der Waals surface area contributed by atoms with Crippen molar-refractivity contribution in [2.75, 3.05) is 7.11 Å². The molecule has 0 bridgehead atoms. The Morgan fingerprint density at radius 1 is 0.733 bits per heavy atom. The van der Waals surface area contributed by atoms with Crippen LogP contribution in [0, 0.1) is 0 Å². The summed E-state index contributed by atoms with van der Waals surface area (Å²) in [5, 5.41) is 0. The lowest BCUT2D eigenvalue weighted by Crippen LogP contribution is -2.25. The van der Waals surface area contributed by atoms with E-state index in [1.165, 1.54) is 0 Å². The Kier molecular flexibility index (Phi) is 6.62. The Labute approximate surface area is 177 Å². The van der Waals surface area contributed by atoms with Gasteiger partial charge in [-0.1, -0.05) is 42.5 Å². The second kappa shape index (κ2) is 9.35. The van der Waals surface area contributed by atoms with E-state index in [9.17, 15) is 4.79 Å². The molecule has 0 radical (unpaired) electrons. The van der Waals surface area contributed by atoms with E-state index in [0.717, 1.165) is 22.6 Å². The van der Waals surface area contributed by atoms with E-state index in [2.05, 4.69) is 0 Å². The first kappa shape index (κ1) is 21.2. The molecule has 3 rings (SSSR count). The van der Waals surface area contributed by atoms with Crippen LogP contribution in [0.5, 0.6) is 17.2 Å². The van der Waals surface area contributed by atoms with Gasteiger partial charge in [0, 0.05) is 0 Å². The molecule has 156 valence electrons. The summed E-state index contributed by atoms with van der Waals surface area (Å²) in [6.07, 6.45) is -1.36. The average Bonchev–Trinajstić information content (AvgIpc) is 2.72. The van der Waals surface area contributed by atoms with Gasteiger partial charge in [-0.15, -0.1) is 0 Å². The van der Waals surface area contributed by atoms with E-state index in [-0.39, 0.29) is 0 Å². The van der Waals surface area contributed by atoms with Crippen molar-refractivity contribution >= 4 is 6.16 Å². The highest BCUT2D eigenvalue weighted by Gasteiger charge is 2.24. The third-order valence-corrected chi connectivity index (χ3v) is 4.18. The van der Waals surface area contributed by atoms with Crippen LogP contribution in [-0.4, -0.2) is 18.9 Å². The van der Waals surface area contributed by atoms with Crippen molar-refractivity contribution in [1.82, 2.24) is 0 Å². The largest absolute Gasteiger partial charge is 0.509 e. The van der Waals surface area contributed by atoms with Gasteiger partial charge in [-0.3, -0.25) is 0 Å². The zero-order chi connectivity index (χ0) is 21.6. The second-order valence-corrected chi connectivity index (χ2v) is 7.72. The number of benzene rings is 3. The lowest BCUT2D eigenvalue weighted by Gasteiger charge is -2.23. The normalized spacial score (nSPS) is 12.0. The summed E-state index contributed by atoms with van der Waals surface area (Å²) in [4.78, 5) is 12.4. The molecule has 0 N–H and O–H groups in total. The van der Waals surface area contributed by atoms with Gasteiger partial charge in [0.05, 0.1) is 7.11 Å². The number of hydrogen-bond acceptors (Lipinski definition) is 5. The summed E-state index contributed by atoms with van der Waals surface area (Å²) >= 11 is 0. The standard InChI is InChI=1S/C25H26O5/c1-25(2,3)30-24(26)29-23(18-10-14-20(27-4)15-11-18)19-12-16-22(17-13-19)28-21-8-6-5-7-9-21/h5-17,23H,1-4H3. The molecular formula is C25H26O5. The van der Waals surface area contributed by atoms with E-state index >= 15 is 0 Å². The number of methoxy groups -OCH3 is 1. The fourth-order valence-electron chi connectivity index (χ4n) is 2.81. The van der Waals surface area contributed by atoms with Crippen LogP contribution in [0.15, 0.2) is 78.9 Å². The van der Waals surface area contributed by atoms with Crippen molar-refractivity contribution in [3.63, 3.8) is 0 Å². The molecule has 0 heterocycles. The number of carbonyl (C=O) groups excluding carboxylic acids is 1. The van der Waals surface area contributed by atoms with Crippen LogP contribution in [0.4, 0.5) is 4.79 Å². The molecule has 0 spiro atoms. The van der Waals surface area contributed by atoms with E-state index < -0.39 is 17.9 Å². The van der Waals surface area contributed by atoms with Gasteiger partial charge in [-0.2, -0.15) is 0 Å². The summed E-state index contributed by atoms with van der Waals surface area (Å²) in [6, 6.07) is 24.4. The number of carbonyl (C=O) groups is 1. The maximum Gasteiger partial charge on any atom is 0.509 e. The molecule has 0 aliphatic carbocycles. The second-order valence-electron chi connectivity index (χ2n) is 7.72. The molecule has 0 saturated heterocycles. The van der Waals surface area contributed by atoms with Gasteiger partial charge in [-0.25, -0.2) is 4.79 Å². The molecule has 3 aromatic carbocycles. The Morgan fingerprint density at radius 3 is 1.73 bits per heavy atom. The number of para-hydroxylation sites is 1. The van der Waals surface area contributed by atoms with Gasteiger partial charge in [0.15, 0.2) is 6.10 Å². The minimum absolute atomic E-state index is 0.628. The third kappa shape index (κ3) is 6.01. The van der Waals surface area contributed by atoms with Crippen LogP contribution in [0.1, 0.15) is 38.0 Å². The van der Waals surface area contributed by atoms with Crippen LogP contribution >= 0.6 is 0 Å². The minimum Gasteiger partial charge on any atom is -0.497 e. The van der Waals surface area contributed by atoms with Crippen LogP contribution in [0.3, 0.4) is 0 Å². The summed E-state index contributed by atoms with van der Waals surface area (Å²) in [6.45, 7) is 5.39. The van der Waals surface area contributed by atoms with Gasteiger partial charge < -0.3 is 18.9 Å². The fraction of sp³-hybridized carbons (Fsp3) is 0.240. The molecule has 3 aromatic rings. The fourth-order valence-corrected chi connectivity index (χ4v) is 2.81. The highest BCUT2D eigenvalue weighted by Crippen LogP contribution is 2.31. The molecule has 0 aromatic heterocycles. The summed E-state index contributed by atoms with van der Waals surface area (Å²) in [5.74, 6) is 2.17. The molecule has 30 heavy (non-hydrogen) atoms. The van der Waals surface area contributed by atoms with Crippen molar-refractivity contribution in [1.29, 1.82) is 0 Å². The van der Waals surface area contributed by atoms with Gasteiger partial charge >= 0.3 is 6.16 Å². The summed E-state index contributed by atoms with van der Waals surface area (Å²) in [5.41, 5.74) is 0.958. The van der Waals surface area contributed by atoms with Crippen molar-refractivity contribution in [3.05, 3.63) is 90.0 Å². The zero-order valence-corrected chi connectivity index (χ0v) is 17.6. The van der Waals surface area contributed by atoms with E-state index in [0.29, 0.717) is 5.75 Å². The highest BCUT2D eigenvalue weighted by atomic mass is 16.7. The van der Waals surface area contributed by atoms with Gasteiger partial charge in [0.2, 0.25) is 0 Å². The average molecular weight is 406 g/mol. The van der Waals surface area contributed by atoms with Crippen LogP contribution in [0.25, 0.3) is 0 Å². The number of hydrogen-bond donors (Lipinski definition) is 0. The predicted molar refractivity (Wildman–Crippen MR) is 115 cm³/mol. The molecule has 0 saturated carbocycles. The summed E-state index contributed by atoms with van der Waals surface area (Å²) in [7, 11) is 1.61. The number of rotatable bonds is 6. The Bertz CT molecular complexity index is 942. The Morgan fingerprint density at radius 2 is 1.23 bits per heavy atom. The molecule has 0 fully saturated rings. The quantitative estimate of drug-likeness (QED) is 0.436. The van der Waals surface area contributed by atoms with Crippen molar-refractivity contribution in [2.24, 2.45) is 0 Å². The van der Waals surface area contributed by atoms with Crippen molar-refractivity contribution in [2.45, 2.75) is 32.5 Å². The van der Waals surface area contributed by atoms with Crippen LogP contribution in [-0.2, 0) is 9.47 Å². The maximum atomic E-state index is 12.4. The first-order valence-corrected chi connectivity index (χ1v) is 9.70. The molecule has 1 unspecified atom stereocenters. The minimum atomic E-state index is -0.729. The lowest BCUT2D eigenvalue weighted by atomic mass is 10.0. The molecule has 5 heteroatoms. The third-order valence-electron chi connectivity index (χ3n) is 4.18. The maximum absolute atomic E-state index is 12.4. The van der Waals surface area contributed by atoms with Crippen LogP contribution in [0.2, 0.25) is 0 Å². The van der Waals surface area contributed by atoms with E-state index in [1.54, 1.807) is 27.9 Å². The molecule has 5 nitrogen and oxygen atoms in total. The smallest absolute Gasteiger partial charge is 0.497 e. The predicted octanol–water partition coefficient (Wildman–Crippen LogP) is 6.53. The monoisotopic (exact) mass is 406 g/mol. The SMILES string of the molecule is COc1ccc(C(OC(=O)OC(C)(C)C)c2ccc(Oc3ccccc3)cc2)cc1. The molecule has 0 aliphatic heterocycles.